The van der Waals surface area contributed by atoms with E-state index in [-0.39, 0.29) is 0 Å². The van der Waals surface area contributed by atoms with E-state index in [0.717, 1.165) is 25.5 Å². The van der Waals surface area contributed by atoms with Crippen LogP contribution in [0.5, 0.6) is 0 Å². The van der Waals surface area contributed by atoms with E-state index in [1.165, 1.54) is 18.5 Å². The highest BCUT2D eigenvalue weighted by molar-refractivity contribution is 5.35. The predicted octanol–water partition coefficient (Wildman–Crippen LogP) is 0.893. The molecule has 5 nitrogen and oxygen atoms in total. The highest BCUT2D eigenvalue weighted by atomic mass is 15.2. The zero-order chi connectivity index (χ0) is 13.0. The number of pyridine rings is 1. The quantitative estimate of drug-likeness (QED) is 0.615. The molecule has 1 aromatic rings. The molecule has 3 N–H and O–H groups in total. The Morgan fingerprint density at radius 1 is 1.50 bits per heavy atom. The Balaban J connectivity index is 2.02. The molecule has 1 aliphatic rings. The van der Waals surface area contributed by atoms with Crippen LogP contribution in [0, 0.1) is 0 Å². The first-order valence-corrected chi connectivity index (χ1v) is 6.53. The fraction of sp³-hybridized carbons (Fsp3) is 0.615. The van der Waals surface area contributed by atoms with E-state index < -0.39 is 0 Å². The van der Waals surface area contributed by atoms with Gasteiger partial charge in [-0.25, -0.2) is 10.8 Å². The zero-order valence-electron chi connectivity index (χ0n) is 11.3. The highest BCUT2D eigenvalue weighted by Crippen LogP contribution is 2.14. The molecular formula is C13H23N5. The van der Waals surface area contributed by atoms with Gasteiger partial charge in [0.25, 0.3) is 0 Å². The number of hydrogen-bond acceptors (Lipinski definition) is 5. The van der Waals surface area contributed by atoms with Gasteiger partial charge in [-0.2, -0.15) is 0 Å². The first-order chi connectivity index (χ1) is 8.69. The third kappa shape index (κ3) is 3.41. The maximum atomic E-state index is 5.39. The van der Waals surface area contributed by atoms with Crippen molar-refractivity contribution < 1.29 is 0 Å². The van der Waals surface area contributed by atoms with Crippen molar-refractivity contribution in [3.05, 3.63) is 23.9 Å². The van der Waals surface area contributed by atoms with E-state index in [1.807, 2.05) is 6.07 Å². The molecule has 0 radical (unpaired) electrons. The zero-order valence-corrected chi connectivity index (χ0v) is 11.3. The number of rotatable bonds is 3. The van der Waals surface area contributed by atoms with E-state index in [0.29, 0.717) is 6.04 Å². The van der Waals surface area contributed by atoms with E-state index in [4.69, 9.17) is 5.84 Å². The van der Waals surface area contributed by atoms with Crippen molar-refractivity contribution in [2.24, 2.45) is 5.84 Å². The first kappa shape index (κ1) is 13.3. The van der Waals surface area contributed by atoms with Gasteiger partial charge in [-0.05, 0) is 44.6 Å². The Kier molecular flexibility index (Phi) is 4.52. The number of nitrogen functional groups attached to an aromatic ring is 1. The number of aromatic nitrogens is 1. The number of hydrogen-bond donors (Lipinski definition) is 2. The lowest BCUT2D eigenvalue weighted by molar-refractivity contribution is 0.194. The summed E-state index contributed by atoms with van der Waals surface area (Å²) in [7, 11) is 2.20. The van der Waals surface area contributed by atoms with Gasteiger partial charge in [0.15, 0.2) is 0 Å². The van der Waals surface area contributed by atoms with Crippen molar-refractivity contribution in [3.63, 3.8) is 0 Å². The molecule has 0 amide bonds. The van der Waals surface area contributed by atoms with Gasteiger partial charge in [0, 0.05) is 31.9 Å². The Labute approximate surface area is 109 Å². The SMILES string of the molecule is CC1CN(C)CCCN1Cc1ccnc(NN)c1. The van der Waals surface area contributed by atoms with Crippen molar-refractivity contribution in [2.75, 3.05) is 32.1 Å². The molecule has 18 heavy (non-hydrogen) atoms. The molecule has 1 atom stereocenters. The lowest BCUT2D eigenvalue weighted by Gasteiger charge is -2.27. The fourth-order valence-electron chi connectivity index (χ4n) is 2.54. The summed E-state index contributed by atoms with van der Waals surface area (Å²) >= 11 is 0. The van der Waals surface area contributed by atoms with Crippen LogP contribution in [-0.4, -0.2) is 47.5 Å². The largest absolute Gasteiger partial charge is 0.308 e. The second-order valence-electron chi connectivity index (χ2n) is 5.13. The maximum absolute atomic E-state index is 5.39. The number of nitrogens with one attached hydrogen (secondary N) is 1. The summed E-state index contributed by atoms with van der Waals surface area (Å²) in [5.41, 5.74) is 3.86. The van der Waals surface area contributed by atoms with Gasteiger partial charge in [0.2, 0.25) is 0 Å². The Morgan fingerprint density at radius 2 is 2.33 bits per heavy atom. The number of likely N-dealkylation sites (N-methyl/N-ethyl adjacent to an activating group) is 1. The summed E-state index contributed by atoms with van der Waals surface area (Å²) in [6.07, 6.45) is 3.03. The predicted molar refractivity (Wildman–Crippen MR) is 74.0 cm³/mol. The maximum Gasteiger partial charge on any atom is 0.140 e. The van der Waals surface area contributed by atoms with Gasteiger partial charge in [0.05, 0.1) is 0 Å². The number of hydrazine groups is 1. The smallest absolute Gasteiger partial charge is 0.140 e. The molecule has 1 aromatic heterocycles. The van der Waals surface area contributed by atoms with Gasteiger partial charge in [-0.15, -0.1) is 0 Å². The van der Waals surface area contributed by atoms with Crippen LogP contribution in [-0.2, 0) is 6.54 Å². The van der Waals surface area contributed by atoms with Gasteiger partial charge in [0.1, 0.15) is 5.82 Å². The molecule has 0 aromatic carbocycles. The summed E-state index contributed by atoms with van der Waals surface area (Å²) < 4.78 is 0. The minimum atomic E-state index is 0.583. The third-order valence-corrected chi connectivity index (χ3v) is 3.54. The standard InChI is InChI=1S/C13H23N5/c1-11-9-17(2)6-3-7-18(11)10-12-4-5-15-13(8-12)16-14/h4-5,8,11H,3,6-7,9-10,14H2,1-2H3,(H,15,16). The van der Waals surface area contributed by atoms with Crippen LogP contribution < -0.4 is 11.3 Å². The first-order valence-electron chi connectivity index (χ1n) is 6.53. The Bertz CT molecular complexity index is 381. The molecule has 1 saturated heterocycles. The van der Waals surface area contributed by atoms with Crippen molar-refractivity contribution >= 4 is 5.82 Å². The summed E-state index contributed by atoms with van der Waals surface area (Å²) in [6.45, 7) is 6.73. The molecule has 2 rings (SSSR count). The fourth-order valence-corrected chi connectivity index (χ4v) is 2.54. The minimum absolute atomic E-state index is 0.583. The van der Waals surface area contributed by atoms with E-state index in [1.54, 1.807) is 6.20 Å². The average molecular weight is 249 g/mol. The molecule has 1 unspecified atom stereocenters. The number of nitrogens with two attached hydrogens (primary N) is 1. The Morgan fingerprint density at radius 3 is 3.11 bits per heavy atom. The van der Waals surface area contributed by atoms with Crippen LogP contribution in [0.1, 0.15) is 18.9 Å². The van der Waals surface area contributed by atoms with Crippen LogP contribution in [0.4, 0.5) is 5.82 Å². The molecule has 0 saturated carbocycles. The monoisotopic (exact) mass is 249 g/mol. The lowest BCUT2D eigenvalue weighted by atomic mass is 10.2. The molecule has 1 fully saturated rings. The second-order valence-corrected chi connectivity index (χ2v) is 5.13. The van der Waals surface area contributed by atoms with Crippen LogP contribution in [0.3, 0.4) is 0 Å². The number of anilines is 1. The minimum Gasteiger partial charge on any atom is -0.308 e. The van der Waals surface area contributed by atoms with Gasteiger partial charge in [-0.1, -0.05) is 0 Å². The topological polar surface area (TPSA) is 57.4 Å². The van der Waals surface area contributed by atoms with Crippen molar-refractivity contribution in [1.29, 1.82) is 0 Å². The van der Waals surface area contributed by atoms with Crippen LogP contribution >= 0.6 is 0 Å². The highest BCUT2D eigenvalue weighted by Gasteiger charge is 2.19. The molecule has 1 aliphatic heterocycles. The van der Waals surface area contributed by atoms with Crippen LogP contribution in [0.15, 0.2) is 18.3 Å². The van der Waals surface area contributed by atoms with Gasteiger partial charge in [-0.3, -0.25) is 4.90 Å². The normalized spacial score (nSPS) is 22.7. The van der Waals surface area contributed by atoms with Gasteiger partial charge >= 0.3 is 0 Å². The van der Waals surface area contributed by atoms with E-state index >= 15 is 0 Å². The van der Waals surface area contributed by atoms with E-state index in [9.17, 15) is 0 Å². The summed E-state index contributed by atoms with van der Waals surface area (Å²) in [6, 6.07) is 4.66. The molecular weight excluding hydrogens is 226 g/mol. The Hall–Kier alpha value is -1.17. The van der Waals surface area contributed by atoms with E-state index in [2.05, 4.69) is 40.2 Å². The number of nitrogens with zero attached hydrogens (tertiary/aromatic N) is 3. The average Bonchev–Trinajstić information content (AvgIpc) is 2.52. The molecule has 100 valence electrons. The molecule has 0 aliphatic carbocycles. The molecule has 0 bridgehead atoms. The summed E-state index contributed by atoms with van der Waals surface area (Å²) in [5, 5.41) is 0. The van der Waals surface area contributed by atoms with Gasteiger partial charge < -0.3 is 10.3 Å². The molecule has 2 heterocycles. The van der Waals surface area contributed by atoms with Crippen LogP contribution in [0.25, 0.3) is 0 Å². The molecule has 0 spiro atoms. The van der Waals surface area contributed by atoms with Crippen molar-refractivity contribution in [1.82, 2.24) is 14.8 Å². The lowest BCUT2D eigenvalue weighted by Crippen LogP contribution is -2.37. The second kappa shape index (κ2) is 6.13. The van der Waals surface area contributed by atoms with Crippen molar-refractivity contribution in [3.8, 4) is 0 Å². The van der Waals surface area contributed by atoms with Crippen molar-refractivity contribution in [2.45, 2.75) is 25.9 Å². The summed E-state index contributed by atoms with van der Waals surface area (Å²) in [5.74, 6) is 6.12. The molecule has 5 heteroatoms. The summed E-state index contributed by atoms with van der Waals surface area (Å²) in [4.78, 5) is 9.07. The van der Waals surface area contributed by atoms with Crippen LogP contribution in [0.2, 0.25) is 0 Å². The third-order valence-electron chi connectivity index (χ3n) is 3.54.